The summed E-state index contributed by atoms with van der Waals surface area (Å²) in [5, 5.41) is 31.5. The van der Waals surface area contributed by atoms with Crippen LogP contribution in [-0.2, 0) is 0 Å². The van der Waals surface area contributed by atoms with Crippen molar-refractivity contribution in [2.24, 2.45) is 17.3 Å². The Labute approximate surface area is 200 Å². The van der Waals surface area contributed by atoms with Crippen LogP contribution >= 0.6 is 11.8 Å². The Morgan fingerprint density at radius 2 is 1.94 bits per heavy atom. The van der Waals surface area contributed by atoms with Crippen molar-refractivity contribution in [2.75, 3.05) is 5.75 Å². The van der Waals surface area contributed by atoms with Crippen LogP contribution in [0.3, 0.4) is 0 Å². The Bertz CT molecular complexity index is 722. The maximum Gasteiger partial charge on any atom is 0.0811 e. The van der Waals surface area contributed by atoms with Crippen LogP contribution in [0.25, 0.3) is 0 Å². The first-order valence-electron chi connectivity index (χ1n) is 12.9. The molecule has 3 rings (SSSR count). The lowest BCUT2D eigenvalue weighted by atomic mass is 9.63. The van der Waals surface area contributed by atoms with Gasteiger partial charge in [-0.15, -0.1) is 0 Å². The zero-order chi connectivity index (χ0) is 23.5. The topological polar surface area (TPSA) is 60.7 Å². The molecule has 3 aliphatic rings. The van der Waals surface area contributed by atoms with Gasteiger partial charge in [0.05, 0.1) is 17.8 Å². The Balaban J connectivity index is 1.67. The molecule has 182 valence electrons. The summed E-state index contributed by atoms with van der Waals surface area (Å²) < 4.78 is 0. The van der Waals surface area contributed by atoms with Gasteiger partial charge in [0.1, 0.15) is 0 Å². The second-order valence-corrected chi connectivity index (χ2v) is 12.4. The highest BCUT2D eigenvalue weighted by Crippen LogP contribution is 2.59. The van der Waals surface area contributed by atoms with E-state index in [9.17, 15) is 15.3 Å². The average Bonchev–Trinajstić information content (AvgIpc) is 3.12. The molecule has 0 aromatic heterocycles. The Morgan fingerprint density at radius 3 is 2.62 bits per heavy atom. The van der Waals surface area contributed by atoms with Crippen molar-refractivity contribution in [2.45, 2.75) is 115 Å². The predicted octanol–water partition coefficient (Wildman–Crippen LogP) is 6.19. The lowest BCUT2D eigenvalue weighted by molar-refractivity contribution is 0.0296. The largest absolute Gasteiger partial charge is 0.393 e. The minimum atomic E-state index is -0.619. The van der Waals surface area contributed by atoms with E-state index in [-0.39, 0.29) is 0 Å². The van der Waals surface area contributed by atoms with Crippen molar-refractivity contribution in [1.29, 1.82) is 0 Å². The van der Waals surface area contributed by atoms with Gasteiger partial charge in [-0.25, -0.2) is 0 Å². The lowest BCUT2D eigenvalue weighted by Crippen LogP contribution is -2.37. The first-order valence-corrected chi connectivity index (χ1v) is 14.0. The van der Waals surface area contributed by atoms with Gasteiger partial charge in [-0.05, 0) is 91.9 Å². The molecule has 4 heteroatoms. The molecule has 0 aromatic carbocycles. The summed E-state index contributed by atoms with van der Waals surface area (Å²) in [6.45, 7) is 13.2. The van der Waals surface area contributed by atoms with E-state index in [4.69, 9.17) is 0 Å². The highest BCUT2D eigenvalue weighted by atomic mass is 32.2. The fourth-order valence-corrected chi connectivity index (χ4v) is 8.22. The maximum atomic E-state index is 10.6. The molecule has 6 atom stereocenters. The minimum absolute atomic E-state index is 0.351. The SMILES string of the molecule is C=C1/C(=C/C=C2\CCC[C@]3(C)[C@@H]([C@@H](C)SCCC(O)(CC)CC)CC[C@@H]23)C[C@@H](O)C[C@@H]1O. The van der Waals surface area contributed by atoms with Gasteiger partial charge in [-0.3, -0.25) is 0 Å². The minimum Gasteiger partial charge on any atom is -0.393 e. The molecule has 0 saturated heterocycles. The predicted molar refractivity (Wildman–Crippen MR) is 137 cm³/mol. The van der Waals surface area contributed by atoms with E-state index in [1.54, 1.807) is 5.57 Å². The number of aliphatic hydroxyl groups excluding tert-OH is 2. The monoisotopic (exact) mass is 462 g/mol. The summed E-state index contributed by atoms with van der Waals surface area (Å²) >= 11 is 2.07. The summed E-state index contributed by atoms with van der Waals surface area (Å²) in [5.74, 6) is 2.40. The first kappa shape index (κ1) is 26.1. The third kappa shape index (κ3) is 5.56. The normalized spacial score (nSPS) is 37.2. The van der Waals surface area contributed by atoms with Crippen molar-refractivity contribution in [3.63, 3.8) is 0 Å². The summed E-state index contributed by atoms with van der Waals surface area (Å²) in [5.41, 5.74) is 3.20. The van der Waals surface area contributed by atoms with Gasteiger partial charge >= 0.3 is 0 Å². The molecule has 32 heavy (non-hydrogen) atoms. The van der Waals surface area contributed by atoms with Crippen molar-refractivity contribution < 1.29 is 15.3 Å². The van der Waals surface area contributed by atoms with Crippen LogP contribution in [0.2, 0.25) is 0 Å². The molecular formula is C28H46O3S. The Morgan fingerprint density at radius 1 is 1.22 bits per heavy atom. The highest BCUT2D eigenvalue weighted by Gasteiger charge is 2.50. The zero-order valence-electron chi connectivity index (χ0n) is 20.8. The summed E-state index contributed by atoms with van der Waals surface area (Å²) in [7, 11) is 0. The molecule has 3 saturated carbocycles. The molecule has 0 radical (unpaired) electrons. The van der Waals surface area contributed by atoms with Gasteiger partial charge in [-0.1, -0.05) is 52.0 Å². The maximum absolute atomic E-state index is 10.6. The molecule has 3 aliphatic carbocycles. The van der Waals surface area contributed by atoms with Crippen LogP contribution in [0, 0.1) is 17.3 Å². The number of fused-ring (bicyclic) bond motifs is 1. The molecule has 0 bridgehead atoms. The third-order valence-electron chi connectivity index (χ3n) is 9.13. The van der Waals surface area contributed by atoms with E-state index in [2.05, 4.69) is 58.2 Å². The summed E-state index contributed by atoms with van der Waals surface area (Å²) in [4.78, 5) is 0. The Hall–Kier alpha value is -0.550. The van der Waals surface area contributed by atoms with Crippen molar-refractivity contribution in [3.05, 3.63) is 35.5 Å². The zero-order valence-corrected chi connectivity index (χ0v) is 21.6. The standard InChI is InChI=1S/C28H46O3S/c1-6-28(31,7-2)15-16-32-20(4)24-12-13-25-21(9-8-14-27(24,25)5)10-11-22-17-23(29)18-26(30)19(22)3/h10-11,20,23-26,29-31H,3,6-9,12-18H2,1-2,4-5H3/b21-10+,22-11+/t20-,23-,24-,25+,26+,27-/m1/s1. The van der Waals surface area contributed by atoms with E-state index in [0.717, 1.165) is 48.5 Å². The molecule has 0 aliphatic heterocycles. The summed E-state index contributed by atoms with van der Waals surface area (Å²) in [6, 6.07) is 0. The second-order valence-electron chi connectivity index (χ2n) is 10.9. The molecule has 3 N–H and O–H groups in total. The van der Waals surface area contributed by atoms with Gasteiger partial charge in [0, 0.05) is 11.7 Å². The summed E-state index contributed by atoms with van der Waals surface area (Å²) in [6.07, 6.45) is 13.2. The highest BCUT2D eigenvalue weighted by molar-refractivity contribution is 7.99. The lowest BCUT2D eigenvalue weighted by Gasteiger charge is -2.44. The molecule has 3 nitrogen and oxygen atoms in total. The van der Waals surface area contributed by atoms with E-state index in [1.807, 2.05) is 0 Å². The third-order valence-corrected chi connectivity index (χ3v) is 10.4. The molecule has 0 unspecified atom stereocenters. The van der Waals surface area contributed by atoms with E-state index >= 15 is 0 Å². The van der Waals surface area contributed by atoms with Crippen LogP contribution in [0.1, 0.15) is 91.9 Å². The van der Waals surface area contributed by atoms with Gasteiger partial charge in [0.15, 0.2) is 0 Å². The molecule has 0 amide bonds. The number of allylic oxidation sites excluding steroid dienone is 3. The number of aliphatic hydroxyl groups is 3. The van der Waals surface area contributed by atoms with Crippen LogP contribution < -0.4 is 0 Å². The average molecular weight is 463 g/mol. The van der Waals surface area contributed by atoms with Gasteiger partial charge in [-0.2, -0.15) is 11.8 Å². The van der Waals surface area contributed by atoms with Gasteiger partial charge < -0.3 is 15.3 Å². The fourth-order valence-electron chi connectivity index (χ4n) is 6.67. The quantitative estimate of drug-likeness (QED) is 0.402. The first-order chi connectivity index (χ1) is 15.1. The van der Waals surface area contributed by atoms with E-state index < -0.39 is 17.8 Å². The number of rotatable bonds is 8. The molecule has 3 fully saturated rings. The smallest absolute Gasteiger partial charge is 0.0811 e. The van der Waals surface area contributed by atoms with Crippen LogP contribution in [-0.4, -0.2) is 44.1 Å². The second kappa shape index (κ2) is 10.8. The van der Waals surface area contributed by atoms with Gasteiger partial charge in [0.2, 0.25) is 0 Å². The Kier molecular flexibility index (Phi) is 8.80. The van der Waals surface area contributed by atoms with Crippen LogP contribution in [0.4, 0.5) is 0 Å². The number of thioether (sulfide) groups is 1. The van der Waals surface area contributed by atoms with Crippen molar-refractivity contribution >= 4 is 11.8 Å². The van der Waals surface area contributed by atoms with Crippen molar-refractivity contribution in [1.82, 2.24) is 0 Å². The number of hydrogen-bond donors (Lipinski definition) is 3. The number of hydrogen-bond acceptors (Lipinski definition) is 4. The van der Waals surface area contributed by atoms with Gasteiger partial charge in [0.25, 0.3) is 0 Å². The van der Waals surface area contributed by atoms with Crippen LogP contribution in [0.15, 0.2) is 35.5 Å². The molecule has 0 heterocycles. The van der Waals surface area contributed by atoms with E-state index in [1.165, 1.54) is 25.7 Å². The fraction of sp³-hybridized carbons (Fsp3) is 0.786. The molecule has 0 aromatic rings. The van der Waals surface area contributed by atoms with Crippen molar-refractivity contribution in [3.8, 4) is 0 Å². The molecular weight excluding hydrogens is 416 g/mol. The molecule has 0 spiro atoms. The van der Waals surface area contributed by atoms with E-state index in [0.29, 0.717) is 29.4 Å². The van der Waals surface area contributed by atoms with Crippen LogP contribution in [0.5, 0.6) is 0 Å².